The van der Waals surface area contributed by atoms with Crippen molar-refractivity contribution in [1.82, 2.24) is 15.0 Å². The van der Waals surface area contributed by atoms with Crippen LogP contribution in [0.5, 0.6) is 0 Å². The molecule has 0 aliphatic heterocycles. The minimum Gasteiger partial charge on any atom is -0.393 e. The lowest BCUT2D eigenvalue weighted by Gasteiger charge is -2.26. The predicted molar refractivity (Wildman–Crippen MR) is 85.8 cm³/mol. The molecule has 6 nitrogen and oxygen atoms in total. The van der Waals surface area contributed by atoms with Crippen molar-refractivity contribution in [2.75, 3.05) is 0 Å². The summed E-state index contributed by atoms with van der Waals surface area (Å²) in [5.74, 6) is 1.36. The first kappa shape index (κ1) is 15.8. The standard InChI is InChI=1S/C17H23N3O3/c1-10-8-15(12(3)20(10)16-9-11(2)23-19-16)17(22)18-13-4-6-14(21)7-5-13/h8-9,13-14,21H,4-7H2,1-3H3,(H,18,22). The summed E-state index contributed by atoms with van der Waals surface area (Å²) in [7, 11) is 0. The van der Waals surface area contributed by atoms with E-state index in [1.165, 1.54) is 0 Å². The van der Waals surface area contributed by atoms with Crippen molar-refractivity contribution >= 4 is 5.91 Å². The Morgan fingerprint density at radius 1 is 1.26 bits per heavy atom. The molecule has 0 bridgehead atoms. The molecular formula is C17H23N3O3. The summed E-state index contributed by atoms with van der Waals surface area (Å²) in [6, 6.07) is 3.87. The topological polar surface area (TPSA) is 80.3 Å². The van der Waals surface area contributed by atoms with Crippen LogP contribution in [0.3, 0.4) is 0 Å². The highest BCUT2D eigenvalue weighted by molar-refractivity contribution is 5.96. The lowest BCUT2D eigenvalue weighted by molar-refractivity contribution is 0.0867. The van der Waals surface area contributed by atoms with Crippen molar-refractivity contribution in [3.8, 4) is 5.82 Å². The number of hydrogen-bond acceptors (Lipinski definition) is 4. The van der Waals surface area contributed by atoms with Gasteiger partial charge in [0.25, 0.3) is 5.91 Å². The van der Waals surface area contributed by atoms with Crippen LogP contribution in [0.15, 0.2) is 16.7 Å². The third kappa shape index (κ3) is 3.17. The molecule has 2 heterocycles. The summed E-state index contributed by atoms with van der Waals surface area (Å²) < 4.78 is 7.06. The Hall–Kier alpha value is -2.08. The highest BCUT2D eigenvalue weighted by Gasteiger charge is 2.24. The van der Waals surface area contributed by atoms with E-state index in [-0.39, 0.29) is 18.1 Å². The first-order valence-electron chi connectivity index (χ1n) is 8.07. The van der Waals surface area contributed by atoms with Gasteiger partial charge in [-0.25, -0.2) is 0 Å². The van der Waals surface area contributed by atoms with Gasteiger partial charge in [0, 0.05) is 23.5 Å². The fourth-order valence-electron chi connectivity index (χ4n) is 3.29. The number of nitrogens with one attached hydrogen (secondary N) is 1. The largest absolute Gasteiger partial charge is 0.393 e. The summed E-state index contributed by atoms with van der Waals surface area (Å²) in [4.78, 5) is 12.6. The van der Waals surface area contributed by atoms with Gasteiger partial charge in [-0.2, -0.15) is 0 Å². The number of rotatable bonds is 3. The maximum absolute atomic E-state index is 12.6. The average Bonchev–Trinajstić information content (AvgIpc) is 3.05. The zero-order valence-corrected chi connectivity index (χ0v) is 13.8. The van der Waals surface area contributed by atoms with E-state index in [0.29, 0.717) is 11.4 Å². The van der Waals surface area contributed by atoms with Gasteiger partial charge >= 0.3 is 0 Å². The molecule has 2 aromatic heterocycles. The molecule has 0 spiro atoms. The molecule has 1 aliphatic carbocycles. The molecule has 1 saturated carbocycles. The normalized spacial score (nSPS) is 21.4. The number of aryl methyl sites for hydroxylation is 2. The number of amides is 1. The van der Waals surface area contributed by atoms with Gasteiger partial charge < -0.3 is 14.9 Å². The van der Waals surface area contributed by atoms with Gasteiger partial charge in [0.05, 0.1) is 11.7 Å². The molecule has 2 N–H and O–H groups in total. The summed E-state index contributed by atoms with van der Waals surface area (Å²) in [6.07, 6.45) is 2.94. The maximum atomic E-state index is 12.6. The van der Waals surface area contributed by atoms with Gasteiger partial charge in [-0.15, -0.1) is 0 Å². The highest BCUT2D eigenvalue weighted by atomic mass is 16.5. The molecule has 1 fully saturated rings. The van der Waals surface area contributed by atoms with Crippen LogP contribution in [0.1, 0.15) is 53.2 Å². The molecule has 0 atom stereocenters. The number of hydrogen-bond donors (Lipinski definition) is 2. The van der Waals surface area contributed by atoms with Crippen molar-refractivity contribution in [3.63, 3.8) is 0 Å². The van der Waals surface area contributed by atoms with Crippen LogP contribution in [0.25, 0.3) is 5.82 Å². The molecule has 23 heavy (non-hydrogen) atoms. The van der Waals surface area contributed by atoms with E-state index in [1.807, 2.05) is 37.5 Å². The van der Waals surface area contributed by atoms with E-state index in [9.17, 15) is 9.90 Å². The molecule has 1 aliphatic rings. The number of carbonyl (C=O) groups is 1. The van der Waals surface area contributed by atoms with E-state index in [4.69, 9.17) is 4.52 Å². The Bertz CT molecular complexity index is 709. The molecule has 2 aromatic rings. The summed E-state index contributed by atoms with van der Waals surface area (Å²) in [5, 5.41) is 16.7. The molecule has 3 rings (SSSR count). The average molecular weight is 317 g/mol. The molecule has 0 unspecified atom stereocenters. The number of nitrogens with zero attached hydrogens (tertiary/aromatic N) is 2. The van der Waals surface area contributed by atoms with Crippen LogP contribution in [0.2, 0.25) is 0 Å². The Kier molecular flexibility index (Phi) is 4.26. The van der Waals surface area contributed by atoms with Crippen LogP contribution < -0.4 is 5.32 Å². The molecular weight excluding hydrogens is 294 g/mol. The summed E-state index contributed by atoms with van der Waals surface area (Å²) in [5.41, 5.74) is 2.46. The van der Waals surface area contributed by atoms with Crippen molar-refractivity contribution < 1.29 is 14.4 Å². The van der Waals surface area contributed by atoms with Crippen molar-refractivity contribution in [3.05, 3.63) is 34.8 Å². The van der Waals surface area contributed by atoms with E-state index in [0.717, 1.165) is 42.8 Å². The molecule has 124 valence electrons. The molecule has 1 amide bonds. The van der Waals surface area contributed by atoms with Crippen molar-refractivity contribution in [1.29, 1.82) is 0 Å². The Labute approximate surface area is 135 Å². The molecule has 0 radical (unpaired) electrons. The number of carbonyl (C=O) groups excluding carboxylic acids is 1. The predicted octanol–water partition coefficient (Wildman–Crippen LogP) is 2.42. The second kappa shape index (κ2) is 6.20. The number of aliphatic hydroxyl groups is 1. The minimum absolute atomic E-state index is 0.0639. The quantitative estimate of drug-likeness (QED) is 0.911. The Morgan fingerprint density at radius 3 is 2.57 bits per heavy atom. The van der Waals surface area contributed by atoms with Crippen molar-refractivity contribution in [2.45, 2.75) is 58.6 Å². The SMILES string of the molecule is Cc1cc(-n2c(C)cc(C(=O)NC3CCC(O)CC3)c2C)no1. The lowest BCUT2D eigenvalue weighted by atomic mass is 9.93. The van der Waals surface area contributed by atoms with E-state index >= 15 is 0 Å². The first-order valence-corrected chi connectivity index (χ1v) is 8.07. The van der Waals surface area contributed by atoms with E-state index in [2.05, 4.69) is 10.5 Å². The van der Waals surface area contributed by atoms with Crippen LogP contribution in [0.4, 0.5) is 0 Å². The van der Waals surface area contributed by atoms with Crippen LogP contribution in [-0.2, 0) is 0 Å². The number of aromatic nitrogens is 2. The zero-order chi connectivity index (χ0) is 16.6. The monoisotopic (exact) mass is 317 g/mol. The molecule has 0 saturated heterocycles. The van der Waals surface area contributed by atoms with E-state index < -0.39 is 0 Å². The van der Waals surface area contributed by atoms with Gasteiger partial charge in [-0.1, -0.05) is 5.16 Å². The third-order valence-electron chi connectivity index (χ3n) is 4.55. The second-order valence-electron chi connectivity index (χ2n) is 6.39. The highest BCUT2D eigenvalue weighted by Crippen LogP contribution is 2.22. The second-order valence-corrected chi connectivity index (χ2v) is 6.39. The van der Waals surface area contributed by atoms with Gasteiger partial charge in [-0.05, 0) is 52.5 Å². The Morgan fingerprint density at radius 2 is 1.96 bits per heavy atom. The third-order valence-corrected chi connectivity index (χ3v) is 4.55. The van der Waals surface area contributed by atoms with Crippen LogP contribution >= 0.6 is 0 Å². The summed E-state index contributed by atoms with van der Waals surface area (Å²) >= 11 is 0. The zero-order valence-electron chi connectivity index (χ0n) is 13.8. The van der Waals surface area contributed by atoms with E-state index in [1.54, 1.807) is 0 Å². The maximum Gasteiger partial charge on any atom is 0.253 e. The van der Waals surface area contributed by atoms with Crippen LogP contribution in [0, 0.1) is 20.8 Å². The molecule has 6 heteroatoms. The van der Waals surface area contributed by atoms with Crippen LogP contribution in [-0.4, -0.2) is 32.9 Å². The van der Waals surface area contributed by atoms with Crippen molar-refractivity contribution in [2.24, 2.45) is 0 Å². The summed E-state index contributed by atoms with van der Waals surface area (Å²) in [6.45, 7) is 5.71. The Balaban J connectivity index is 1.79. The lowest BCUT2D eigenvalue weighted by Crippen LogP contribution is -2.38. The van der Waals surface area contributed by atoms with Gasteiger partial charge in [0.1, 0.15) is 5.76 Å². The minimum atomic E-state index is -0.219. The van der Waals surface area contributed by atoms with Gasteiger partial charge in [0.15, 0.2) is 5.82 Å². The van der Waals surface area contributed by atoms with Gasteiger partial charge in [-0.3, -0.25) is 9.36 Å². The first-order chi connectivity index (χ1) is 11.0. The fraction of sp³-hybridized carbons (Fsp3) is 0.529. The fourth-order valence-corrected chi connectivity index (χ4v) is 3.29. The molecule has 0 aromatic carbocycles. The smallest absolute Gasteiger partial charge is 0.253 e. The van der Waals surface area contributed by atoms with Gasteiger partial charge in [0.2, 0.25) is 0 Å². The number of aliphatic hydroxyl groups excluding tert-OH is 1.